The van der Waals surface area contributed by atoms with Crippen LogP contribution in [-0.2, 0) is 6.18 Å². The van der Waals surface area contributed by atoms with Gasteiger partial charge < -0.3 is 10.4 Å². The number of nitrogens with one attached hydrogen (secondary N) is 1. The predicted molar refractivity (Wildman–Crippen MR) is 101 cm³/mol. The van der Waals surface area contributed by atoms with Crippen molar-refractivity contribution >= 4 is 27.4 Å². The Hall–Kier alpha value is -2.22. The van der Waals surface area contributed by atoms with Crippen LogP contribution in [0.1, 0.15) is 31.2 Å². The summed E-state index contributed by atoms with van der Waals surface area (Å²) in [7, 11) is 0. The largest absolute Gasteiger partial charge is 0.507 e. The second kappa shape index (κ2) is 6.74. The first kappa shape index (κ1) is 18.2. The third-order valence-electron chi connectivity index (χ3n) is 4.85. The molecule has 0 bridgehead atoms. The van der Waals surface area contributed by atoms with Crippen molar-refractivity contribution in [3.63, 3.8) is 0 Å². The maximum atomic E-state index is 13.2. The molecule has 1 aromatic carbocycles. The predicted octanol–water partition coefficient (Wildman–Crippen LogP) is 5.84. The van der Waals surface area contributed by atoms with Crippen LogP contribution in [0.4, 0.5) is 19.0 Å². The van der Waals surface area contributed by atoms with Crippen LogP contribution < -0.4 is 5.32 Å². The molecule has 0 aliphatic heterocycles. The second-order valence-electron chi connectivity index (χ2n) is 6.74. The zero-order valence-electron chi connectivity index (χ0n) is 14.2. The smallest absolute Gasteiger partial charge is 0.419 e. The highest BCUT2D eigenvalue weighted by Crippen LogP contribution is 2.40. The van der Waals surface area contributed by atoms with Gasteiger partial charge in [-0.2, -0.15) is 13.2 Å². The van der Waals surface area contributed by atoms with Crippen molar-refractivity contribution in [2.45, 2.75) is 37.9 Å². The van der Waals surface area contributed by atoms with Gasteiger partial charge in [0.1, 0.15) is 22.9 Å². The molecule has 4 nitrogen and oxygen atoms in total. The van der Waals surface area contributed by atoms with Gasteiger partial charge in [-0.15, -0.1) is 0 Å². The molecule has 1 fully saturated rings. The average Bonchev–Trinajstić information content (AvgIpc) is 3.23. The molecule has 0 spiro atoms. The van der Waals surface area contributed by atoms with E-state index in [1.165, 1.54) is 6.07 Å². The first-order valence-corrected chi connectivity index (χ1v) is 9.47. The molecule has 27 heavy (non-hydrogen) atoms. The lowest BCUT2D eigenvalue weighted by atomic mass is 10.1. The summed E-state index contributed by atoms with van der Waals surface area (Å²) in [6.45, 7) is 0. The topological polar surface area (TPSA) is 49.6 Å². The second-order valence-corrected chi connectivity index (χ2v) is 7.66. The molecule has 4 rings (SSSR count). The number of imidazole rings is 1. The molecule has 0 atom stereocenters. The van der Waals surface area contributed by atoms with Crippen molar-refractivity contribution in [3.8, 4) is 17.0 Å². The van der Waals surface area contributed by atoms with Crippen LogP contribution in [0.15, 0.2) is 41.0 Å². The summed E-state index contributed by atoms with van der Waals surface area (Å²) in [6, 6.07) is 7.38. The highest BCUT2D eigenvalue weighted by Gasteiger charge is 2.34. The lowest BCUT2D eigenvalue weighted by Crippen LogP contribution is -2.16. The Bertz CT molecular complexity index is 994. The fraction of sp³-hybridized carbons (Fsp3) is 0.316. The van der Waals surface area contributed by atoms with E-state index < -0.39 is 17.5 Å². The van der Waals surface area contributed by atoms with Crippen LogP contribution in [0.2, 0.25) is 0 Å². The number of alkyl halides is 3. The average molecular weight is 440 g/mol. The summed E-state index contributed by atoms with van der Waals surface area (Å²) in [4.78, 5) is 4.55. The van der Waals surface area contributed by atoms with Crippen molar-refractivity contribution in [1.29, 1.82) is 0 Å². The summed E-state index contributed by atoms with van der Waals surface area (Å²) in [5.74, 6) is -0.125. The van der Waals surface area contributed by atoms with E-state index in [0.29, 0.717) is 22.7 Å². The van der Waals surface area contributed by atoms with E-state index in [0.717, 1.165) is 42.3 Å². The molecular formula is C19H17BrF3N3O. The number of hydrogen-bond acceptors (Lipinski definition) is 3. The minimum Gasteiger partial charge on any atom is -0.507 e. The Morgan fingerprint density at radius 3 is 2.59 bits per heavy atom. The summed E-state index contributed by atoms with van der Waals surface area (Å²) in [5.41, 5.74) is 0.311. The van der Waals surface area contributed by atoms with Gasteiger partial charge >= 0.3 is 6.18 Å². The van der Waals surface area contributed by atoms with Gasteiger partial charge in [0.25, 0.3) is 0 Å². The van der Waals surface area contributed by atoms with Gasteiger partial charge in [0.2, 0.25) is 0 Å². The van der Waals surface area contributed by atoms with Crippen LogP contribution in [0.5, 0.6) is 5.75 Å². The minimum absolute atomic E-state index is 0.266. The molecule has 1 aliphatic carbocycles. The number of phenols is 1. The molecule has 0 amide bonds. The van der Waals surface area contributed by atoms with Gasteiger partial charge in [-0.3, -0.25) is 4.40 Å². The monoisotopic (exact) mass is 439 g/mol. The molecule has 3 aromatic rings. The van der Waals surface area contributed by atoms with E-state index in [1.807, 2.05) is 16.7 Å². The molecule has 0 saturated heterocycles. The van der Waals surface area contributed by atoms with E-state index in [2.05, 4.69) is 26.2 Å². The highest BCUT2D eigenvalue weighted by atomic mass is 79.9. The maximum absolute atomic E-state index is 13.2. The molecule has 142 valence electrons. The number of nitrogens with zero attached hydrogens (tertiary/aromatic N) is 2. The number of aromatic hydroxyl groups is 1. The Balaban J connectivity index is 1.88. The molecule has 8 heteroatoms. The van der Waals surface area contributed by atoms with Crippen molar-refractivity contribution in [2.75, 3.05) is 5.32 Å². The number of halogens is 4. The standard InChI is InChI=1S/C19H17BrF3N3O/c20-12-6-8-16-25-17(11-5-7-15(27)14(9-11)19(21,22)23)18(26(16)10-12)24-13-3-1-2-4-13/h5-10,13,24,27H,1-4H2. The molecule has 2 heterocycles. The Morgan fingerprint density at radius 2 is 1.89 bits per heavy atom. The normalized spacial score (nSPS) is 15.6. The van der Waals surface area contributed by atoms with E-state index in [9.17, 15) is 18.3 Å². The number of phenolic OH excluding ortho intramolecular Hbond substituents is 1. The number of pyridine rings is 1. The molecule has 0 radical (unpaired) electrons. The molecule has 1 aliphatic rings. The third kappa shape index (κ3) is 3.50. The highest BCUT2D eigenvalue weighted by molar-refractivity contribution is 9.10. The zero-order valence-corrected chi connectivity index (χ0v) is 15.8. The van der Waals surface area contributed by atoms with Gasteiger partial charge in [0.15, 0.2) is 0 Å². The first-order chi connectivity index (χ1) is 12.8. The summed E-state index contributed by atoms with van der Waals surface area (Å²) >= 11 is 3.43. The Kier molecular flexibility index (Phi) is 4.53. The molecule has 2 aromatic heterocycles. The molecule has 0 unspecified atom stereocenters. The van der Waals surface area contributed by atoms with Gasteiger partial charge in [-0.1, -0.05) is 12.8 Å². The van der Waals surface area contributed by atoms with Crippen LogP contribution in [0.3, 0.4) is 0 Å². The summed E-state index contributed by atoms with van der Waals surface area (Å²) < 4.78 is 42.4. The Morgan fingerprint density at radius 1 is 1.15 bits per heavy atom. The zero-order chi connectivity index (χ0) is 19.2. The molecular weight excluding hydrogens is 423 g/mol. The minimum atomic E-state index is -4.64. The molecule has 1 saturated carbocycles. The molecule has 2 N–H and O–H groups in total. The van der Waals surface area contributed by atoms with Crippen molar-refractivity contribution in [1.82, 2.24) is 9.38 Å². The van der Waals surface area contributed by atoms with Crippen LogP contribution in [-0.4, -0.2) is 20.5 Å². The SMILES string of the molecule is Oc1ccc(-c2nc3ccc(Br)cn3c2NC2CCCC2)cc1C(F)(F)F. The van der Waals surface area contributed by atoms with Crippen LogP contribution >= 0.6 is 15.9 Å². The van der Waals surface area contributed by atoms with Crippen LogP contribution in [0, 0.1) is 0 Å². The van der Waals surface area contributed by atoms with E-state index >= 15 is 0 Å². The quantitative estimate of drug-likeness (QED) is 0.538. The lowest BCUT2D eigenvalue weighted by molar-refractivity contribution is -0.138. The fourth-order valence-electron chi connectivity index (χ4n) is 3.53. The number of aromatic nitrogens is 2. The van der Waals surface area contributed by atoms with E-state index in [-0.39, 0.29) is 6.04 Å². The number of hydrogen-bond donors (Lipinski definition) is 2. The number of benzene rings is 1. The number of anilines is 1. The first-order valence-electron chi connectivity index (χ1n) is 8.67. The number of fused-ring (bicyclic) bond motifs is 1. The van der Waals surface area contributed by atoms with Gasteiger partial charge in [-0.25, -0.2) is 4.98 Å². The maximum Gasteiger partial charge on any atom is 0.419 e. The van der Waals surface area contributed by atoms with Gasteiger partial charge in [0, 0.05) is 22.3 Å². The van der Waals surface area contributed by atoms with Crippen molar-refractivity contribution < 1.29 is 18.3 Å². The van der Waals surface area contributed by atoms with E-state index in [4.69, 9.17) is 0 Å². The lowest BCUT2D eigenvalue weighted by Gasteiger charge is -2.16. The van der Waals surface area contributed by atoms with Gasteiger partial charge in [0.05, 0.1) is 5.56 Å². The summed E-state index contributed by atoms with van der Waals surface area (Å²) in [6.07, 6.45) is 1.50. The number of rotatable bonds is 3. The van der Waals surface area contributed by atoms with E-state index in [1.54, 1.807) is 6.07 Å². The van der Waals surface area contributed by atoms with Crippen molar-refractivity contribution in [3.05, 3.63) is 46.6 Å². The Labute approximate surface area is 162 Å². The van der Waals surface area contributed by atoms with Crippen LogP contribution in [0.25, 0.3) is 16.9 Å². The van der Waals surface area contributed by atoms with Gasteiger partial charge in [-0.05, 0) is 59.1 Å². The third-order valence-corrected chi connectivity index (χ3v) is 5.32. The van der Waals surface area contributed by atoms with Crippen molar-refractivity contribution in [2.24, 2.45) is 0 Å². The summed E-state index contributed by atoms with van der Waals surface area (Å²) in [5, 5.41) is 13.1. The fourth-order valence-corrected chi connectivity index (χ4v) is 3.87.